The molecule has 2 aliphatic rings. The number of ether oxygens (including phenoxy) is 1. The van der Waals surface area contributed by atoms with Gasteiger partial charge in [-0.05, 0) is 87.6 Å². The maximum absolute atomic E-state index is 13.5. The molecule has 2 bridgehead atoms. The second-order valence-electron chi connectivity index (χ2n) is 11.9. The zero-order valence-electron chi connectivity index (χ0n) is 23.9. The zero-order valence-corrected chi connectivity index (χ0v) is 23.9. The molecular weight excluding hydrogens is 490 g/mol. The highest BCUT2D eigenvalue weighted by atomic mass is 16.5. The predicted octanol–water partition coefficient (Wildman–Crippen LogP) is 4.32. The van der Waals surface area contributed by atoms with E-state index in [4.69, 9.17) is 4.74 Å². The molecule has 2 aromatic carbocycles. The number of piperazine rings is 1. The fourth-order valence-corrected chi connectivity index (χ4v) is 6.04. The van der Waals surface area contributed by atoms with E-state index >= 15 is 0 Å². The third-order valence-electron chi connectivity index (χ3n) is 8.08. The number of anilines is 1. The lowest BCUT2D eigenvalue weighted by Gasteiger charge is -2.44. The van der Waals surface area contributed by atoms with Gasteiger partial charge in [-0.15, -0.1) is 0 Å². The number of hydrogen-bond donors (Lipinski definition) is 2. The summed E-state index contributed by atoms with van der Waals surface area (Å²) in [5.74, 6) is 0.653. The number of carbonyl (C=O) groups excluding carboxylic acids is 1. The molecular formula is C31H41N5O3. The fourth-order valence-electron chi connectivity index (χ4n) is 6.04. The molecule has 5 rings (SSSR count). The van der Waals surface area contributed by atoms with Gasteiger partial charge in [-0.2, -0.15) is 5.10 Å². The molecule has 8 heteroatoms. The Labute approximate surface area is 231 Å². The summed E-state index contributed by atoms with van der Waals surface area (Å²) in [4.78, 5) is 18.4. The van der Waals surface area contributed by atoms with Crippen LogP contribution >= 0.6 is 0 Å². The molecule has 3 heterocycles. The Morgan fingerprint density at radius 1 is 1.15 bits per heavy atom. The SMILES string of the molecule is COc1cc(-c2cnn(C)c2)cc([C@@H](C)NC(=O)c2cc(N3C[C@H]4CC[C@@H](C3)N4CC(C)(C)O)ccc2C)c1. The van der Waals surface area contributed by atoms with Crippen molar-refractivity contribution in [3.63, 3.8) is 0 Å². The summed E-state index contributed by atoms with van der Waals surface area (Å²) >= 11 is 0. The summed E-state index contributed by atoms with van der Waals surface area (Å²) in [5, 5.41) is 17.9. The van der Waals surface area contributed by atoms with Crippen molar-refractivity contribution in [1.29, 1.82) is 0 Å². The zero-order chi connectivity index (χ0) is 27.9. The van der Waals surface area contributed by atoms with Gasteiger partial charge in [0.05, 0.1) is 24.9 Å². The average Bonchev–Trinajstić information content (AvgIpc) is 3.40. The van der Waals surface area contributed by atoms with Crippen LogP contribution in [0.3, 0.4) is 0 Å². The lowest BCUT2D eigenvalue weighted by Crippen LogP contribution is -2.57. The monoisotopic (exact) mass is 531 g/mol. The molecule has 0 spiro atoms. The summed E-state index contributed by atoms with van der Waals surface area (Å²) in [6.07, 6.45) is 6.09. The molecule has 0 unspecified atom stereocenters. The van der Waals surface area contributed by atoms with Crippen molar-refractivity contribution in [1.82, 2.24) is 20.0 Å². The summed E-state index contributed by atoms with van der Waals surface area (Å²) < 4.78 is 7.33. The Morgan fingerprint density at radius 3 is 2.49 bits per heavy atom. The summed E-state index contributed by atoms with van der Waals surface area (Å²) in [5.41, 5.74) is 4.99. The molecule has 8 nitrogen and oxygen atoms in total. The minimum atomic E-state index is -0.698. The largest absolute Gasteiger partial charge is 0.497 e. The van der Waals surface area contributed by atoms with E-state index in [0.717, 1.165) is 59.6 Å². The Kier molecular flexibility index (Phi) is 7.44. The van der Waals surface area contributed by atoms with E-state index in [2.05, 4.69) is 32.3 Å². The van der Waals surface area contributed by atoms with Gasteiger partial charge in [0.25, 0.3) is 5.91 Å². The van der Waals surface area contributed by atoms with Crippen molar-refractivity contribution in [3.05, 3.63) is 65.5 Å². The molecule has 39 heavy (non-hydrogen) atoms. The van der Waals surface area contributed by atoms with Gasteiger partial charge >= 0.3 is 0 Å². The predicted molar refractivity (Wildman–Crippen MR) is 154 cm³/mol. The van der Waals surface area contributed by atoms with Crippen molar-refractivity contribution in [3.8, 4) is 16.9 Å². The topological polar surface area (TPSA) is 82.9 Å². The number of nitrogens with zero attached hydrogens (tertiary/aromatic N) is 4. The van der Waals surface area contributed by atoms with Crippen molar-refractivity contribution in [2.24, 2.45) is 7.05 Å². The van der Waals surface area contributed by atoms with E-state index in [1.54, 1.807) is 11.8 Å². The van der Waals surface area contributed by atoms with Crippen LogP contribution in [0.25, 0.3) is 11.1 Å². The van der Waals surface area contributed by atoms with Crippen LogP contribution in [0, 0.1) is 6.92 Å². The van der Waals surface area contributed by atoms with Gasteiger partial charge in [-0.25, -0.2) is 0 Å². The maximum Gasteiger partial charge on any atom is 0.252 e. The quantitative estimate of drug-likeness (QED) is 0.451. The van der Waals surface area contributed by atoms with E-state index in [-0.39, 0.29) is 11.9 Å². The molecule has 208 valence electrons. The highest BCUT2D eigenvalue weighted by Gasteiger charge is 2.41. The first-order chi connectivity index (χ1) is 18.5. The summed E-state index contributed by atoms with van der Waals surface area (Å²) in [7, 11) is 3.55. The van der Waals surface area contributed by atoms with Crippen LogP contribution in [-0.4, -0.2) is 70.1 Å². The molecule has 0 saturated carbocycles. The van der Waals surface area contributed by atoms with E-state index in [1.165, 1.54) is 0 Å². The van der Waals surface area contributed by atoms with Crippen molar-refractivity contribution in [2.45, 2.75) is 64.3 Å². The fraction of sp³-hybridized carbons (Fsp3) is 0.484. The molecule has 0 aliphatic carbocycles. The Bertz CT molecular complexity index is 1330. The van der Waals surface area contributed by atoms with Crippen LogP contribution in [0.1, 0.15) is 61.1 Å². The number of hydrogen-bond acceptors (Lipinski definition) is 6. The first kappa shape index (κ1) is 27.2. The van der Waals surface area contributed by atoms with Crippen LogP contribution in [0.2, 0.25) is 0 Å². The average molecular weight is 532 g/mol. The number of methoxy groups -OCH3 is 1. The minimum Gasteiger partial charge on any atom is -0.497 e. The number of carbonyl (C=O) groups is 1. The van der Waals surface area contributed by atoms with Crippen LogP contribution in [-0.2, 0) is 7.05 Å². The van der Waals surface area contributed by atoms with E-state index in [9.17, 15) is 9.90 Å². The maximum atomic E-state index is 13.5. The number of rotatable bonds is 8. The molecule has 3 atom stereocenters. The smallest absolute Gasteiger partial charge is 0.252 e. The Morgan fingerprint density at radius 2 is 1.87 bits per heavy atom. The lowest BCUT2D eigenvalue weighted by molar-refractivity contribution is 0.0139. The Balaban J connectivity index is 1.32. The van der Waals surface area contributed by atoms with Crippen LogP contribution in [0.4, 0.5) is 5.69 Å². The van der Waals surface area contributed by atoms with Gasteiger partial charge < -0.3 is 20.1 Å². The van der Waals surface area contributed by atoms with Gasteiger partial charge in [0.2, 0.25) is 0 Å². The Hall–Kier alpha value is -3.36. The molecule has 1 amide bonds. The number of aliphatic hydroxyl groups is 1. The number of aromatic nitrogens is 2. The highest BCUT2D eigenvalue weighted by Crippen LogP contribution is 2.34. The molecule has 1 aromatic heterocycles. The molecule has 3 aromatic rings. The van der Waals surface area contributed by atoms with Crippen LogP contribution < -0.4 is 15.0 Å². The van der Waals surface area contributed by atoms with Gasteiger partial charge in [-0.3, -0.25) is 14.4 Å². The number of amides is 1. The van der Waals surface area contributed by atoms with Crippen LogP contribution in [0.15, 0.2) is 48.8 Å². The second-order valence-corrected chi connectivity index (χ2v) is 11.9. The normalized spacial score (nSPS) is 20.2. The van der Waals surface area contributed by atoms with E-state index in [1.807, 2.05) is 71.4 Å². The number of fused-ring (bicyclic) bond motifs is 2. The minimum absolute atomic E-state index is 0.0868. The summed E-state index contributed by atoms with van der Waals surface area (Å²) in [6.45, 7) is 10.3. The molecule has 2 N–H and O–H groups in total. The molecule has 2 aliphatic heterocycles. The van der Waals surface area contributed by atoms with Crippen molar-refractivity contribution in [2.75, 3.05) is 31.6 Å². The number of aryl methyl sites for hydroxylation is 2. The third kappa shape index (κ3) is 5.97. The molecule has 0 radical (unpaired) electrons. The van der Waals surface area contributed by atoms with E-state index in [0.29, 0.717) is 24.2 Å². The third-order valence-corrected chi connectivity index (χ3v) is 8.08. The number of benzene rings is 2. The summed E-state index contributed by atoms with van der Waals surface area (Å²) in [6, 6.07) is 12.9. The van der Waals surface area contributed by atoms with Gasteiger partial charge in [0.1, 0.15) is 5.75 Å². The molecule has 2 fully saturated rings. The van der Waals surface area contributed by atoms with Gasteiger partial charge in [-0.1, -0.05) is 6.07 Å². The second kappa shape index (κ2) is 10.7. The van der Waals surface area contributed by atoms with Gasteiger partial charge in [0, 0.05) is 61.8 Å². The number of nitrogens with one attached hydrogen (secondary N) is 1. The van der Waals surface area contributed by atoms with Crippen LogP contribution in [0.5, 0.6) is 5.75 Å². The van der Waals surface area contributed by atoms with Gasteiger partial charge in [0.15, 0.2) is 0 Å². The first-order valence-electron chi connectivity index (χ1n) is 13.8. The highest BCUT2D eigenvalue weighted by molar-refractivity contribution is 5.97. The lowest BCUT2D eigenvalue weighted by atomic mass is 10.00. The van der Waals surface area contributed by atoms with Crippen molar-refractivity contribution < 1.29 is 14.6 Å². The van der Waals surface area contributed by atoms with E-state index < -0.39 is 5.60 Å². The molecule has 2 saturated heterocycles. The first-order valence-corrected chi connectivity index (χ1v) is 13.8. The standard InChI is InChI=1S/C31H41N5O3/c1-20-7-8-25(35-17-26-9-10-27(18-35)36(26)19-31(3,4)38)14-29(20)30(37)33-21(2)22-11-23(13-28(12-22)39-6)24-15-32-34(5)16-24/h7-8,11-16,21,26-27,38H,9-10,17-19H2,1-6H3,(H,33,37)/t21-,26-,27+/m1/s1. The van der Waals surface area contributed by atoms with Crippen molar-refractivity contribution >= 4 is 11.6 Å².